The predicted octanol–water partition coefficient (Wildman–Crippen LogP) is 4.13. The normalized spacial score (nSPS) is 13.5. The van der Waals surface area contributed by atoms with Gasteiger partial charge in [-0.25, -0.2) is 0 Å². The Labute approximate surface area is 92.0 Å². The maximum absolute atomic E-state index is 5.82. The first-order chi connectivity index (χ1) is 6.66. The van der Waals surface area contributed by atoms with Gasteiger partial charge in [0.2, 0.25) is 0 Å². The maximum atomic E-state index is 5.82. The number of rotatable bonds is 9. The van der Waals surface area contributed by atoms with Crippen molar-refractivity contribution in [3.63, 3.8) is 0 Å². The minimum atomic E-state index is -0.798. The van der Waals surface area contributed by atoms with Crippen LogP contribution in [0.2, 0.25) is 13.1 Å². The van der Waals surface area contributed by atoms with Crippen molar-refractivity contribution >= 4 is 9.04 Å². The second-order valence-corrected chi connectivity index (χ2v) is 6.92. The standard InChI is InChI=1S/C12H28OSi/c1-5-6-7-8-9-10-11-12(2)13-14(3)4/h12,14H,5-11H2,1-4H3. The quantitative estimate of drug-likeness (QED) is 0.416. The first-order valence-corrected chi connectivity index (χ1v) is 9.10. The first kappa shape index (κ1) is 14.2. The van der Waals surface area contributed by atoms with Crippen molar-refractivity contribution in [1.82, 2.24) is 0 Å². The van der Waals surface area contributed by atoms with E-state index in [1.165, 1.54) is 44.9 Å². The summed E-state index contributed by atoms with van der Waals surface area (Å²) in [4.78, 5) is 0. The Morgan fingerprint density at radius 2 is 1.57 bits per heavy atom. The van der Waals surface area contributed by atoms with Crippen molar-refractivity contribution in [2.45, 2.75) is 78.0 Å². The molecule has 0 aliphatic rings. The van der Waals surface area contributed by atoms with Crippen LogP contribution >= 0.6 is 0 Å². The third-order valence-corrected chi connectivity index (χ3v) is 3.48. The van der Waals surface area contributed by atoms with Gasteiger partial charge in [-0.15, -0.1) is 0 Å². The highest BCUT2D eigenvalue weighted by atomic mass is 28.3. The molecule has 0 aromatic rings. The van der Waals surface area contributed by atoms with E-state index in [1.54, 1.807) is 0 Å². The molecule has 0 N–H and O–H groups in total. The summed E-state index contributed by atoms with van der Waals surface area (Å²) < 4.78 is 5.82. The molecule has 1 nitrogen and oxygen atoms in total. The van der Waals surface area contributed by atoms with E-state index < -0.39 is 9.04 Å². The molecule has 0 rings (SSSR count). The van der Waals surface area contributed by atoms with E-state index in [0.29, 0.717) is 6.10 Å². The summed E-state index contributed by atoms with van der Waals surface area (Å²) in [5, 5.41) is 0. The van der Waals surface area contributed by atoms with Crippen LogP contribution in [0.25, 0.3) is 0 Å². The molecule has 0 fully saturated rings. The summed E-state index contributed by atoms with van der Waals surface area (Å²) in [7, 11) is -0.798. The van der Waals surface area contributed by atoms with E-state index in [2.05, 4.69) is 26.9 Å². The van der Waals surface area contributed by atoms with Gasteiger partial charge in [-0.3, -0.25) is 0 Å². The Morgan fingerprint density at radius 3 is 2.14 bits per heavy atom. The van der Waals surface area contributed by atoms with Crippen LogP contribution in [0, 0.1) is 0 Å². The summed E-state index contributed by atoms with van der Waals surface area (Å²) >= 11 is 0. The summed E-state index contributed by atoms with van der Waals surface area (Å²) in [6.07, 6.45) is 10.1. The summed E-state index contributed by atoms with van der Waals surface area (Å²) in [6.45, 7) is 8.98. The van der Waals surface area contributed by atoms with Gasteiger partial charge >= 0.3 is 0 Å². The summed E-state index contributed by atoms with van der Waals surface area (Å²) in [5.74, 6) is 0. The third-order valence-electron chi connectivity index (χ3n) is 2.47. The fourth-order valence-corrected chi connectivity index (χ4v) is 2.81. The molecule has 1 unspecified atom stereocenters. The minimum absolute atomic E-state index is 0.507. The SMILES string of the molecule is CCCCCCCCC(C)O[SiH](C)C. The van der Waals surface area contributed by atoms with Gasteiger partial charge in [0.05, 0.1) is 0 Å². The highest BCUT2D eigenvalue weighted by Crippen LogP contribution is 2.10. The van der Waals surface area contributed by atoms with Crippen LogP contribution in [0.3, 0.4) is 0 Å². The average Bonchev–Trinajstić information content (AvgIpc) is 2.10. The Bertz CT molecular complexity index is 115. The van der Waals surface area contributed by atoms with Gasteiger partial charge in [-0.05, 0) is 26.4 Å². The van der Waals surface area contributed by atoms with E-state index in [1.807, 2.05) is 0 Å². The molecule has 0 saturated heterocycles. The Morgan fingerprint density at radius 1 is 1.00 bits per heavy atom. The van der Waals surface area contributed by atoms with Crippen molar-refractivity contribution in [3.8, 4) is 0 Å². The molecule has 0 aliphatic heterocycles. The Hall–Kier alpha value is 0.177. The lowest BCUT2D eigenvalue weighted by atomic mass is 10.1. The van der Waals surface area contributed by atoms with Crippen molar-refractivity contribution < 1.29 is 4.43 Å². The van der Waals surface area contributed by atoms with Gasteiger partial charge in [0.25, 0.3) is 0 Å². The predicted molar refractivity (Wildman–Crippen MR) is 67.4 cm³/mol. The van der Waals surface area contributed by atoms with E-state index in [0.717, 1.165) is 0 Å². The third kappa shape index (κ3) is 10.3. The van der Waals surface area contributed by atoms with Gasteiger partial charge in [0, 0.05) is 6.10 Å². The summed E-state index contributed by atoms with van der Waals surface area (Å²) in [6, 6.07) is 0. The topological polar surface area (TPSA) is 9.23 Å². The van der Waals surface area contributed by atoms with Gasteiger partial charge in [0.1, 0.15) is 0 Å². The molecule has 2 heteroatoms. The molecule has 0 bridgehead atoms. The Kier molecular flexibility index (Phi) is 9.84. The van der Waals surface area contributed by atoms with Crippen LogP contribution in [-0.2, 0) is 4.43 Å². The summed E-state index contributed by atoms with van der Waals surface area (Å²) in [5.41, 5.74) is 0. The lowest BCUT2D eigenvalue weighted by Crippen LogP contribution is -2.17. The van der Waals surface area contributed by atoms with E-state index >= 15 is 0 Å². The molecule has 0 saturated carbocycles. The van der Waals surface area contributed by atoms with Crippen LogP contribution in [0.4, 0.5) is 0 Å². The van der Waals surface area contributed by atoms with Crippen LogP contribution in [-0.4, -0.2) is 15.1 Å². The minimum Gasteiger partial charge on any atom is -0.418 e. The lowest BCUT2D eigenvalue weighted by molar-refractivity contribution is 0.209. The highest BCUT2D eigenvalue weighted by Gasteiger charge is 2.04. The smallest absolute Gasteiger partial charge is 0.171 e. The molecular weight excluding hydrogens is 188 g/mol. The molecule has 0 radical (unpaired) electrons. The molecular formula is C12H28OSi. The first-order valence-electron chi connectivity index (χ1n) is 6.32. The molecule has 0 spiro atoms. The van der Waals surface area contributed by atoms with E-state index in [9.17, 15) is 0 Å². The largest absolute Gasteiger partial charge is 0.418 e. The zero-order chi connectivity index (χ0) is 10.8. The van der Waals surface area contributed by atoms with Crippen LogP contribution in [0.5, 0.6) is 0 Å². The molecule has 0 amide bonds. The fourth-order valence-electron chi connectivity index (χ4n) is 1.74. The van der Waals surface area contributed by atoms with Gasteiger partial charge < -0.3 is 4.43 Å². The van der Waals surface area contributed by atoms with E-state index in [4.69, 9.17) is 4.43 Å². The second kappa shape index (κ2) is 9.72. The fraction of sp³-hybridized carbons (Fsp3) is 1.00. The monoisotopic (exact) mass is 216 g/mol. The molecule has 0 heterocycles. The molecule has 0 aromatic heterocycles. The highest BCUT2D eigenvalue weighted by molar-refractivity contribution is 6.48. The van der Waals surface area contributed by atoms with Gasteiger partial charge in [0.15, 0.2) is 9.04 Å². The zero-order valence-electron chi connectivity index (χ0n) is 10.5. The van der Waals surface area contributed by atoms with Crippen LogP contribution in [0.15, 0.2) is 0 Å². The lowest BCUT2D eigenvalue weighted by Gasteiger charge is -2.15. The molecule has 0 aromatic carbocycles. The van der Waals surface area contributed by atoms with Gasteiger partial charge in [-0.2, -0.15) is 0 Å². The van der Waals surface area contributed by atoms with Gasteiger partial charge in [-0.1, -0.05) is 45.4 Å². The number of hydrogen-bond donors (Lipinski definition) is 0. The van der Waals surface area contributed by atoms with Crippen LogP contribution < -0.4 is 0 Å². The molecule has 14 heavy (non-hydrogen) atoms. The molecule has 86 valence electrons. The van der Waals surface area contributed by atoms with Crippen LogP contribution in [0.1, 0.15) is 58.8 Å². The van der Waals surface area contributed by atoms with Crippen molar-refractivity contribution in [3.05, 3.63) is 0 Å². The second-order valence-electron chi connectivity index (χ2n) is 4.55. The zero-order valence-corrected chi connectivity index (χ0v) is 11.7. The van der Waals surface area contributed by atoms with Crippen molar-refractivity contribution in [2.24, 2.45) is 0 Å². The average molecular weight is 216 g/mol. The molecule has 1 atom stereocenters. The van der Waals surface area contributed by atoms with E-state index in [-0.39, 0.29) is 0 Å². The maximum Gasteiger partial charge on any atom is 0.171 e. The molecule has 0 aliphatic carbocycles. The Balaban J connectivity index is 3.10. The van der Waals surface area contributed by atoms with Crippen molar-refractivity contribution in [1.29, 1.82) is 0 Å². The number of unbranched alkanes of at least 4 members (excludes halogenated alkanes) is 5. The van der Waals surface area contributed by atoms with Crippen molar-refractivity contribution in [2.75, 3.05) is 0 Å². The number of hydrogen-bond acceptors (Lipinski definition) is 1.